The van der Waals surface area contributed by atoms with Crippen molar-refractivity contribution in [2.24, 2.45) is 0 Å². The molecule has 34 heavy (non-hydrogen) atoms. The molecule has 0 radical (unpaired) electrons. The van der Waals surface area contributed by atoms with E-state index in [1.54, 1.807) is 6.08 Å². The van der Waals surface area contributed by atoms with Crippen LogP contribution in [-0.2, 0) is 20.9 Å². The summed E-state index contributed by atoms with van der Waals surface area (Å²) in [7, 11) is 1.41. The molecule has 1 aliphatic heterocycles. The number of hydrogen-bond acceptors (Lipinski definition) is 5. The molecule has 1 saturated heterocycles. The van der Waals surface area contributed by atoms with E-state index in [-0.39, 0.29) is 17.9 Å². The number of methoxy groups -OCH3 is 1. The lowest BCUT2D eigenvalue weighted by Gasteiger charge is -2.22. The number of aliphatic hydroxyl groups excluding tert-OH is 1. The number of hydrogen-bond donors (Lipinski definition) is 1. The van der Waals surface area contributed by atoms with E-state index in [9.17, 15) is 14.7 Å². The fraction of sp³-hybridized carbons (Fsp3) is 0.429. The summed E-state index contributed by atoms with van der Waals surface area (Å²) >= 11 is 0. The van der Waals surface area contributed by atoms with E-state index in [4.69, 9.17) is 4.74 Å². The van der Waals surface area contributed by atoms with E-state index < -0.39 is 6.10 Å². The molecule has 1 fully saturated rings. The van der Waals surface area contributed by atoms with E-state index in [1.165, 1.54) is 7.11 Å². The number of nitrogens with zero attached hydrogens (tertiary/aromatic N) is 1. The second kappa shape index (κ2) is 13.6. The molecule has 6 heteroatoms. The number of carbonyl (C=O) groups excluding carboxylic acids is 2. The lowest BCUT2D eigenvalue weighted by atomic mass is 10.0. The third-order valence-corrected chi connectivity index (χ3v) is 6.09. The summed E-state index contributed by atoms with van der Waals surface area (Å²) in [6.45, 7) is 1.13. The second-order valence-electron chi connectivity index (χ2n) is 8.61. The number of rotatable bonds is 13. The molecule has 0 aliphatic carbocycles. The van der Waals surface area contributed by atoms with Crippen LogP contribution in [0, 0.1) is 0 Å². The zero-order valence-corrected chi connectivity index (χ0v) is 19.9. The van der Waals surface area contributed by atoms with Crippen LogP contribution in [0.15, 0.2) is 66.7 Å². The monoisotopic (exact) mass is 465 g/mol. The molecule has 1 amide bonds. The van der Waals surface area contributed by atoms with Crippen LogP contribution in [0.3, 0.4) is 0 Å². The molecule has 0 bridgehead atoms. The first-order valence-electron chi connectivity index (χ1n) is 12.1. The highest BCUT2D eigenvalue weighted by Crippen LogP contribution is 2.23. The van der Waals surface area contributed by atoms with Crippen LogP contribution < -0.4 is 4.74 Å². The van der Waals surface area contributed by atoms with Crippen LogP contribution in [0.1, 0.15) is 62.2 Å². The number of carbonyl (C=O) groups is 2. The minimum Gasteiger partial charge on any atom is -0.489 e. The Morgan fingerprint density at radius 2 is 1.91 bits per heavy atom. The Balaban J connectivity index is 1.47. The van der Waals surface area contributed by atoms with Crippen LogP contribution in [0.5, 0.6) is 5.75 Å². The van der Waals surface area contributed by atoms with Crippen molar-refractivity contribution in [2.75, 3.05) is 13.7 Å². The Morgan fingerprint density at radius 1 is 1.12 bits per heavy atom. The van der Waals surface area contributed by atoms with Gasteiger partial charge in [-0.2, -0.15) is 0 Å². The zero-order chi connectivity index (χ0) is 24.2. The molecule has 1 aliphatic rings. The number of likely N-dealkylation sites (tertiary alicyclic amines) is 1. The molecule has 6 nitrogen and oxygen atoms in total. The van der Waals surface area contributed by atoms with Crippen molar-refractivity contribution >= 4 is 11.9 Å². The van der Waals surface area contributed by atoms with Crippen LogP contribution in [-0.4, -0.2) is 41.6 Å². The van der Waals surface area contributed by atoms with Gasteiger partial charge in [0.15, 0.2) is 0 Å². The minimum atomic E-state index is -0.743. The van der Waals surface area contributed by atoms with Gasteiger partial charge in [-0.3, -0.25) is 9.59 Å². The fourth-order valence-corrected chi connectivity index (χ4v) is 4.15. The molecule has 0 saturated carbocycles. The van der Waals surface area contributed by atoms with E-state index in [0.717, 1.165) is 49.0 Å². The topological polar surface area (TPSA) is 76.1 Å². The number of para-hydroxylation sites is 1. The summed E-state index contributed by atoms with van der Waals surface area (Å²) in [4.78, 5) is 25.4. The first-order chi connectivity index (χ1) is 16.6. The van der Waals surface area contributed by atoms with Crippen molar-refractivity contribution in [3.8, 4) is 5.75 Å². The smallest absolute Gasteiger partial charge is 0.305 e. The Morgan fingerprint density at radius 3 is 2.71 bits per heavy atom. The highest BCUT2D eigenvalue weighted by Gasteiger charge is 2.28. The van der Waals surface area contributed by atoms with Gasteiger partial charge in [-0.15, -0.1) is 0 Å². The third kappa shape index (κ3) is 8.03. The number of unbranched alkanes of at least 4 members (excludes halogenated alkanes) is 3. The van der Waals surface area contributed by atoms with E-state index in [0.29, 0.717) is 26.0 Å². The molecule has 0 spiro atoms. The van der Waals surface area contributed by atoms with Gasteiger partial charge in [0.1, 0.15) is 12.4 Å². The number of aliphatic hydroxyl groups is 1. The maximum atomic E-state index is 12.3. The average molecular weight is 466 g/mol. The van der Waals surface area contributed by atoms with Gasteiger partial charge < -0.3 is 19.5 Å². The van der Waals surface area contributed by atoms with Gasteiger partial charge in [-0.05, 0) is 48.6 Å². The van der Waals surface area contributed by atoms with Crippen molar-refractivity contribution in [1.29, 1.82) is 0 Å². The molecule has 3 rings (SSSR count). The molecule has 0 aromatic heterocycles. The Hall–Kier alpha value is -3.12. The second-order valence-corrected chi connectivity index (χ2v) is 8.61. The molecule has 2 atom stereocenters. The molecule has 2 aromatic rings. The van der Waals surface area contributed by atoms with Crippen molar-refractivity contribution < 1.29 is 24.2 Å². The van der Waals surface area contributed by atoms with Crippen LogP contribution >= 0.6 is 0 Å². The molecular weight excluding hydrogens is 430 g/mol. The SMILES string of the molecule is COC(=O)CCCCCCN1C(=O)CC[C@@H]1C=CC(O)c1cccc(COc2ccccc2)c1. The van der Waals surface area contributed by atoms with Gasteiger partial charge in [-0.1, -0.05) is 61.4 Å². The molecule has 1 unspecified atom stereocenters. The fourth-order valence-electron chi connectivity index (χ4n) is 4.15. The minimum absolute atomic E-state index is 0.0156. The Bertz CT molecular complexity index is 943. The quantitative estimate of drug-likeness (QED) is 0.257. The summed E-state index contributed by atoms with van der Waals surface area (Å²) in [5.74, 6) is 0.800. The van der Waals surface area contributed by atoms with Gasteiger partial charge >= 0.3 is 5.97 Å². The Kier molecular flexibility index (Phi) is 10.2. The van der Waals surface area contributed by atoms with Gasteiger partial charge in [0, 0.05) is 19.4 Å². The molecule has 182 valence electrons. The summed E-state index contributed by atoms with van der Waals surface area (Å²) in [6, 6.07) is 17.4. The van der Waals surface area contributed by atoms with Crippen LogP contribution in [0.4, 0.5) is 0 Å². The zero-order valence-electron chi connectivity index (χ0n) is 19.9. The maximum absolute atomic E-state index is 12.3. The predicted molar refractivity (Wildman–Crippen MR) is 131 cm³/mol. The van der Waals surface area contributed by atoms with Gasteiger partial charge in [0.25, 0.3) is 0 Å². The number of benzene rings is 2. The Labute approximate surface area is 202 Å². The molecule has 1 N–H and O–H groups in total. The standard InChI is InChI=1S/C28H35NO5/c1-33-28(32)14-7-2-3-8-19-29-24(16-18-27(29)31)15-17-26(30)23-11-9-10-22(20-23)21-34-25-12-5-4-6-13-25/h4-6,9-13,15,17,20,24,26,30H,2-3,7-8,14,16,18-19,21H2,1H3/t24-,26?/m0/s1. The first-order valence-corrected chi connectivity index (χ1v) is 12.1. The summed E-state index contributed by atoms with van der Waals surface area (Å²) in [5, 5.41) is 10.7. The molecule has 2 aromatic carbocycles. The van der Waals surface area contributed by atoms with E-state index in [2.05, 4.69) is 4.74 Å². The number of amides is 1. The van der Waals surface area contributed by atoms with Crippen molar-refractivity contribution in [2.45, 2.75) is 63.7 Å². The van der Waals surface area contributed by atoms with E-state index in [1.807, 2.05) is 65.6 Å². The highest BCUT2D eigenvalue weighted by atomic mass is 16.5. The molecular formula is C28H35NO5. The largest absolute Gasteiger partial charge is 0.489 e. The first kappa shape index (κ1) is 25.5. The van der Waals surface area contributed by atoms with Crippen molar-refractivity contribution in [1.82, 2.24) is 4.90 Å². The summed E-state index contributed by atoms with van der Waals surface area (Å²) in [5.41, 5.74) is 1.78. The summed E-state index contributed by atoms with van der Waals surface area (Å²) < 4.78 is 10.5. The van der Waals surface area contributed by atoms with Crippen molar-refractivity contribution in [3.05, 3.63) is 77.9 Å². The third-order valence-electron chi connectivity index (χ3n) is 6.09. The lowest BCUT2D eigenvalue weighted by molar-refractivity contribution is -0.140. The van der Waals surface area contributed by atoms with Gasteiger partial charge in [-0.25, -0.2) is 0 Å². The highest BCUT2D eigenvalue weighted by molar-refractivity contribution is 5.79. The van der Waals surface area contributed by atoms with Crippen LogP contribution in [0.2, 0.25) is 0 Å². The van der Waals surface area contributed by atoms with Gasteiger partial charge in [0.05, 0.1) is 19.3 Å². The van der Waals surface area contributed by atoms with Crippen LogP contribution in [0.25, 0.3) is 0 Å². The average Bonchev–Trinajstić information content (AvgIpc) is 3.23. The number of esters is 1. The normalized spacial score (nSPS) is 16.7. The van der Waals surface area contributed by atoms with Gasteiger partial charge in [0.2, 0.25) is 5.91 Å². The summed E-state index contributed by atoms with van der Waals surface area (Å²) in [6.07, 6.45) is 8.39. The van der Waals surface area contributed by atoms with E-state index >= 15 is 0 Å². The van der Waals surface area contributed by atoms with Crippen molar-refractivity contribution in [3.63, 3.8) is 0 Å². The molecule has 1 heterocycles. The predicted octanol–water partition coefficient (Wildman–Crippen LogP) is 4.97. The number of ether oxygens (including phenoxy) is 2. The lowest BCUT2D eigenvalue weighted by Crippen LogP contribution is -2.32. The maximum Gasteiger partial charge on any atom is 0.305 e.